The summed E-state index contributed by atoms with van der Waals surface area (Å²) in [4.78, 5) is 41.2. The average Bonchev–Trinajstić information content (AvgIpc) is 2.52. The van der Waals surface area contributed by atoms with Gasteiger partial charge < -0.3 is 9.88 Å². The maximum atomic E-state index is 12.6. The summed E-state index contributed by atoms with van der Waals surface area (Å²) in [7, 11) is 0. The number of aromatic nitrogens is 3. The molecule has 0 saturated carbocycles. The molecular weight excluding hydrogens is 284 g/mol. The van der Waals surface area contributed by atoms with Crippen LogP contribution in [0.15, 0.2) is 32.6 Å². The van der Waals surface area contributed by atoms with Crippen LogP contribution >= 0.6 is 0 Å². The van der Waals surface area contributed by atoms with Crippen LogP contribution in [-0.2, 0) is 0 Å². The van der Waals surface area contributed by atoms with E-state index < -0.39 is 16.5 Å². The Morgan fingerprint density at radius 1 is 1.00 bits per heavy atom. The maximum Gasteiger partial charge on any atom is 0.287 e. The average molecular weight is 300 g/mol. The zero-order chi connectivity index (χ0) is 15.9. The van der Waals surface area contributed by atoms with Gasteiger partial charge in [-0.1, -0.05) is 0 Å². The summed E-state index contributed by atoms with van der Waals surface area (Å²) >= 11 is 0. The standard InChI is InChI=1S/C15H16N4O3/c1-3-19(4-2)8-5-6-10-9(7-8)13(20)11-12(16-10)15(22)18-17-14(11)21/h5-7H,3-4H2,1-2H3,(H,16,20)(H,17,21)(H,18,22). The number of aromatic amines is 3. The third kappa shape index (κ3) is 2.02. The van der Waals surface area contributed by atoms with Gasteiger partial charge in [0.05, 0.1) is 5.52 Å². The molecule has 22 heavy (non-hydrogen) atoms. The molecule has 3 N–H and O–H groups in total. The van der Waals surface area contributed by atoms with Gasteiger partial charge >= 0.3 is 0 Å². The van der Waals surface area contributed by atoms with Crippen molar-refractivity contribution in [2.24, 2.45) is 0 Å². The van der Waals surface area contributed by atoms with E-state index >= 15 is 0 Å². The number of pyridine rings is 1. The molecule has 0 radical (unpaired) electrons. The number of anilines is 1. The van der Waals surface area contributed by atoms with Gasteiger partial charge in [-0.2, -0.15) is 0 Å². The monoisotopic (exact) mass is 300 g/mol. The van der Waals surface area contributed by atoms with Crippen LogP contribution in [0, 0.1) is 0 Å². The van der Waals surface area contributed by atoms with Gasteiger partial charge in [-0.25, -0.2) is 0 Å². The first-order chi connectivity index (χ1) is 10.6. The summed E-state index contributed by atoms with van der Waals surface area (Å²) in [6.07, 6.45) is 0. The molecule has 0 aliphatic heterocycles. The number of hydrogen-bond acceptors (Lipinski definition) is 4. The molecule has 3 aromatic rings. The first kappa shape index (κ1) is 14.1. The first-order valence-electron chi connectivity index (χ1n) is 7.12. The number of H-pyrrole nitrogens is 3. The molecule has 0 spiro atoms. The molecular formula is C15H16N4O3. The quantitative estimate of drug-likeness (QED) is 0.625. The number of benzene rings is 1. The molecule has 114 valence electrons. The van der Waals surface area contributed by atoms with Gasteiger partial charge in [-0.05, 0) is 32.0 Å². The number of hydrogen-bond donors (Lipinski definition) is 3. The first-order valence-corrected chi connectivity index (χ1v) is 7.12. The third-order valence-corrected chi connectivity index (χ3v) is 3.86. The van der Waals surface area contributed by atoms with E-state index in [2.05, 4.69) is 20.1 Å². The van der Waals surface area contributed by atoms with Gasteiger partial charge in [0.15, 0.2) is 0 Å². The van der Waals surface area contributed by atoms with Gasteiger partial charge in [0.25, 0.3) is 11.1 Å². The normalized spacial score (nSPS) is 11.2. The van der Waals surface area contributed by atoms with E-state index in [-0.39, 0.29) is 10.9 Å². The van der Waals surface area contributed by atoms with Crippen LogP contribution in [0.5, 0.6) is 0 Å². The Bertz CT molecular complexity index is 1020. The summed E-state index contributed by atoms with van der Waals surface area (Å²) in [6, 6.07) is 5.39. The molecule has 0 aliphatic carbocycles. The Morgan fingerprint density at radius 2 is 1.68 bits per heavy atom. The molecule has 0 bridgehead atoms. The molecule has 3 rings (SSSR count). The Balaban J connectivity index is 2.44. The van der Waals surface area contributed by atoms with Gasteiger partial charge in [0, 0.05) is 24.2 Å². The topological polar surface area (TPSA) is 102 Å². The Labute approximate surface area is 124 Å². The lowest BCUT2D eigenvalue weighted by Crippen LogP contribution is -2.26. The number of nitrogens with zero attached hydrogens (tertiary/aromatic N) is 1. The summed E-state index contributed by atoms with van der Waals surface area (Å²) < 4.78 is 0. The van der Waals surface area contributed by atoms with Crippen LogP contribution in [0.1, 0.15) is 13.8 Å². The number of nitrogens with one attached hydrogen (secondary N) is 3. The Hall–Kier alpha value is -2.83. The van der Waals surface area contributed by atoms with Crippen molar-refractivity contribution in [2.45, 2.75) is 13.8 Å². The minimum Gasteiger partial charge on any atom is -0.372 e. The molecule has 7 heteroatoms. The van der Waals surface area contributed by atoms with Crippen LogP contribution < -0.4 is 21.4 Å². The van der Waals surface area contributed by atoms with Crippen LogP contribution in [0.3, 0.4) is 0 Å². The Morgan fingerprint density at radius 3 is 2.36 bits per heavy atom. The number of fused-ring (bicyclic) bond motifs is 2. The van der Waals surface area contributed by atoms with Crippen LogP contribution in [-0.4, -0.2) is 28.3 Å². The van der Waals surface area contributed by atoms with E-state index in [1.807, 2.05) is 19.9 Å². The van der Waals surface area contributed by atoms with Crippen molar-refractivity contribution in [1.82, 2.24) is 15.2 Å². The Kier molecular flexibility index (Phi) is 3.32. The second-order valence-electron chi connectivity index (χ2n) is 5.01. The van der Waals surface area contributed by atoms with Crippen molar-refractivity contribution in [3.05, 3.63) is 49.1 Å². The summed E-state index contributed by atoms with van der Waals surface area (Å²) in [6.45, 7) is 5.69. The second-order valence-corrected chi connectivity index (χ2v) is 5.01. The van der Waals surface area contributed by atoms with E-state index in [1.165, 1.54) is 0 Å². The van der Waals surface area contributed by atoms with Crippen molar-refractivity contribution < 1.29 is 0 Å². The zero-order valence-corrected chi connectivity index (χ0v) is 12.3. The fourth-order valence-electron chi connectivity index (χ4n) is 2.69. The lowest BCUT2D eigenvalue weighted by Gasteiger charge is -2.21. The molecule has 0 amide bonds. The minimum atomic E-state index is -0.606. The van der Waals surface area contributed by atoms with Crippen molar-refractivity contribution in [3.8, 4) is 0 Å². The highest BCUT2D eigenvalue weighted by Gasteiger charge is 2.13. The fourth-order valence-corrected chi connectivity index (χ4v) is 2.69. The highest BCUT2D eigenvalue weighted by atomic mass is 16.2. The summed E-state index contributed by atoms with van der Waals surface area (Å²) in [5, 5.41) is 4.65. The van der Waals surface area contributed by atoms with Crippen LogP contribution in [0.25, 0.3) is 21.8 Å². The minimum absolute atomic E-state index is 0.00293. The van der Waals surface area contributed by atoms with Crippen molar-refractivity contribution in [2.75, 3.05) is 18.0 Å². The van der Waals surface area contributed by atoms with E-state index in [1.54, 1.807) is 12.1 Å². The summed E-state index contributed by atoms with van der Waals surface area (Å²) in [5.41, 5.74) is -0.137. The highest BCUT2D eigenvalue weighted by Crippen LogP contribution is 2.19. The largest absolute Gasteiger partial charge is 0.372 e. The molecule has 0 unspecified atom stereocenters. The molecule has 0 atom stereocenters. The molecule has 0 saturated heterocycles. The summed E-state index contributed by atoms with van der Waals surface area (Å²) in [5.74, 6) is 0. The molecule has 0 fully saturated rings. The van der Waals surface area contributed by atoms with Crippen molar-refractivity contribution in [1.29, 1.82) is 0 Å². The highest BCUT2D eigenvalue weighted by molar-refractivity contribution is 5.93. The van der Waals surface area contributed by atoms with Crippen LogP contribution in [0.4, 0.5) is 5.69 Å². The molecule has 2 aromatic heterocycles. The third-order valence-electron chi connectivity index (χ3n) is 3.86. The van der Waals surface area contributed by atoms with Crippen molar-refractivity contribution in [3.63, 3.8) is 0 Å². The lowest BCUT2D eigenvalue weighted by atomic mass is 10.1. The molecule has 2 heterocycles. The number of rotatable bonds is 3. The van der Waals surface area contributed by atoms with Gasteiger partial charge in [-0.15, -0.1) is 0 Å². The van der Waals surface area contributed by atoms with Crippen molar-refractivity contribution >= 4 is 27.5 Å². The van der Waals surface area contributed by atoms with Gasteiger partial charge in [0.1, 0.15) is 10.9 Å². The predicted molar refractivity (Wildman–Crippen MR) is 86.9 cm³/mol. The second kappa shape index (κ2) is 5.18. The zero-order valence-electron chi connectivity index (χ0n) is 12.3. The van der Waals surface area contributed by atoms with Crippen LogP contribution in [0.2, 0.25) is 0 Å². The SMILES string of the molecule is CCN(CC)c1ccc2[nH]c3c(=O)[nH][nH]c(=O)c3c(=O)c2c1. The van der Waals surface area contributed by atoms with E-state index in [0.29, 0.717) is 10.9 Å². The predicted octanol–water partition coefficient (Wildman–Crippen LogP) is 0.904. The molecule has 0 aliphatic rings. The smallest absolute Gasteiger partial charge is 0.287 e. The van der Waals surface area contributed by atoms with E-state index in [4.69, 9.17) is 0 Å². The lowest BCUT2D eigenvalue weighted by molar-refractivity contribution is 0.867. The van der Waals surface area contributed by atoms with E-state index in [9.17, 15) is 14.4 Å². The van der Waals surface area contributed by atoms with Gasteiger partial charge in [0.2, 0.25) is 5.43 Å². The maximum absolute atomic E-state index is 12.6. The van der Waals surface area contributed by atoms with E-state index in [0.717, 1.165) is 18.8 Å². The molecule has 1 aromatic carbocycles. The van der Waals surface area contributed by atoms with Gasteiger partial charge in [-0.3, -0.25) is 24.6 Å². The molecule has 7 nitrogen and oxygen atoms in total. The fraction of sp³-hybridized carbons (Fsp3) is 0.267.